The lowest BCUT2D eigenvalue weighted by molar-refractivity contribution is -0.185. The SMILES string of the molecule is CCN(Cc1cccc(NC(=O)c2cc(Cl)ccc2F)c1)C(=O)C(F)(F)F. The quantitative estimate of drug-likeness (QED) is 0.740. The van der Waals surface area contributed by atoms with Crippen LogP contribution < -0.4 is 5.32 Å². The average Bonchev–Trinajstić information content (AvgIpc) is 2.60. The fourth-order valence-electron chi connectivity index (χ4n) is 2.34. The Bertz CT molecular complexity index is 855. The standard InChI is InChI=1S/C18H15ClF4N2O2/c1-2-25(17(27)18(21,22)23)10-11-4-3-5-13(8-11)24-16(26)14-9-12(19)6-7-15(14)20/h3-9H,2,10H2,1H3,(H,24,26). The summed E-state index contributed by atoms with van der Waals surface area (Å²) in [5.74, 6) is -3.47. The summed E-state index contributed by atoms with van der Waals surface area (Å²) in [6.07, 6.45) is -4.97. The number of benzene rings is 2. The Morgan fingerprint density at radius 1 is 1.15 bits per heavy atom. The summed E-state index contributed by atoms with van der Waals surface area (Å²) < 4.78 is 51.6. The van der Waals surface area contributed by atoms with Crippen LogP contribution in [0.15, 0.2) is 42.5 Å². The molecule has 9 heteroatoms. The Morgan fingerprint density at radius 2 is 1.85 bits per heavy atom. The summed E-state index contributed by atoms with van der Waals surface area (Å²) in [6.45, 7) is 1.00. The van der Waals surface area contributed by atoms with Crippen LogP contribution in [0, 0.1) is 5.82 Å². The molecule has 4 nitrogen and oxygen atoms in total. The van der Waals surface area contributed by atoms with Crippen molar-refractivity contribution in [3.63, 3.8) is 0 Å². The van der Waals surface area contributed by atoms with Crippen molar-refractivity contribution < 1.29 is 27.2 Å². The molecule has 0 aromatic heterocycles. The van der Waals surface area contributed by atoms with Gasteiger partial charge in [0.25, 0.3) is 5.91 Å². The normalized spacial score (nSPS) is 11.2. The van der Waals surface area contributed by atoms with Crippen molar-refractivity contribution in [1.82, 2.24) is 4.90 Å². The molecule has 0 bridgehead atoms. The molecule has 2 amide bonds. The summed E-state index contributed by atoms with van der Waals surface area (Å²) in [4.78, 5) is 24.2. The topological polar surface area (TPSA) is 49.4 Å². The Labute approximate surface area is 157 Å². The number of alkyl halides is 3. The summed E-state index contributed by atoms with van der Waals surface area (Å²) in [6, 6.07) is 9.43. The number of amides is 2. The van der Waals surface area contributed by atoms with Gasteiger partial charge >= 0.3 is 12.1 Å². The molecule has 2 aromatic rings. The van der Waals surface area contributed by atoms with Crippen molar-refractivity contribution in [2.45, 2.75) is 19.6 Å². The van der Waals surface area contributed by atoms with Crippen LogP contribution in [0.2, 0.25) is 5.02 Å². The van der Waals surface area contributed by atoms with Crippen LogP contribution in [0.3, 0.4) is 0 Å². The predicted octanol–water partition coefficient (Wildman–Crippen LogP) is 4.64. The summed E-state index contributed by atoms with van der Waals surface area (Å²) >= 11 is 5.75. The van der Waals surface area contributed by atoms with Gasteiger partial charge in [0.15, 0.2) is 0 Å². The van der Waals surface area contributed by atoms with Gasteiger partial charge in [0.05, 0.1) is 5.56 Å². The van der Waals surface area contributed by atoms with Crippen molar-refractivity contribution in [3.8, 4) is 0 Å². The van der Waals surface area contributed by atoms with E-state index < -0.39 is 23.8 Å². The molecule has 0 heterocycles. The molecular weight excluding hydrogens is 388 g/mol. The first-order valence-electron chi connectivity index (χ1n) is 7.83. The number of rotatable bonds is 5. The molecular formula is C18H15ClF4N2O2. The first-order chi connectivity index (χ1) is 12.6. The summed E-state index contributed by atoms with van der Waals surface area (Å²) in [5, 5.41) is 2.63. The Kier molecular flexibility index (Phi) is 6.43. The molecule has 27 heavy (non-hydrogen) atoms. The molecule has 1 N–H and O–H groups in total. The lowest BCUT2D eigenvalue weighted by atomic mass is 10.1. The number of carbonyl (C=O) groups excluding carboxylic acids is 2. The number of nitrogens with one attached hydrogen (secondary N) is 1. The molecule has 0 saturated carbocycles. The smallest absolute Gasteiger partial charge is 0.331 e. The first-order valence-corrected chi connectivity index (χ1v) is 8.21. The van der Waals surface area contributed by atoms with E-state index in [0.29, 0.717) is 10.5 Å². The van der Waals surface area contributed by atoms with Gasteiger partial charge in [-0.3, -0.25) is 9.59 Å². The number of hydrogen-bond donors (Lipinski definition) is 1. The molecule has 0 aliphatic carbocycles. The summed E-state index contributed by atoms with van der Waals surface area (Å²) in [5.41, 5.74) is 0.349. The zero-order valence-corrected chi connectivity index (χ0v) is 14.9. The van der Waals surface area contributed by atoms with E-state index in [4.69, 9.17) is 11.6 Å². The number of hydrogen-bond acceptors (Lipinski definition) is 2. The van der Waals surface area contributed by atoms with Crippen molar-refractivity contribution in [1.29, 1.82) is 0 Å². The van der Waals surface area contributed by atoms with Crippen molar-refractivity contribution >= 4 is 29.1 Å². The first kappa shape index (κ1) is 20.7. The second kappa shape index (κ2) is 8.39. The maximum Gasteiger partial charge on any atom is 0.471 e. The second-order valence-electron chi connectivity index (χ2n) is 5.60. The van der Waals surface area contributed by atoms with Gasteiger partial charge in [-0.05, 0) is 42.8 Å². The fraction of sp³-hybridized carbons (Fsp3) is 0.222. The minimum atomic E-state index is -4.97. The number of halogens is 5. The molecule has 2 rings (SSSR count). The Morgan fingerprint density at radius 3 is 2.48 bits per heavy atom. The van der Waals surface area contributed by atoms with Crippen LogP contribution in [-0.2, 0) is 11.3 Å². The Balaban J connectivity index is 2.16. The molecule has 0 spiro atoms. The molecule has 0 radical (unpaired) electrons. The highest BCUT2D eigenvalue weighted by molar-refractivity contribution is 6.31. The minimum absolute atomic E-state index is 0.136. The van der Waals surface area contributed by atoms with Gasteiger partial charge in [-0.2, -0.15) is 13.2 Å². The highest BCUT2D eigenvalue weighted by Crippen LogP contribution is 2.21. The molecule has 0 unspecified atom stereocenters. The monoisotopic (exact) mass is 402 g/mol. The van der Waals surface area contributed by atoms with E-state index in [0.717, 1.165) is 12.1 Å². The zero-order valence-electron chi connectivity index (χ0n) is 14.1. The van der Waals surface area contributed by atoms with E-state index in [2.05, 4.69) is 5.32 Å². The molecule has 2 aromatic carbocycles. The fourth-order valence-corrected chi connectivity index (χ4v) is 2.52. The molecule has 0 aliphatic heterocycles. The van der Waals surface area contributed by atoms with Crippen LogP contribution in [0.4, 0.5) is 23.2 Å². The molecule has 0 saturated heterocycles. The van der Waals surface area contributed by atoms with E-state index in [1.165, 1.54) is 37.3 Å². The third kappa shape index (κ3) is 5.43. The third-order valence-electron chi connectivity index (χ3n) is 3.64. The average molecular weight is 403 g/mol. The molecule has 0 fully saturated rings. The van der Waals surface area contributed by atoms with E-state index in [1.54, 1.807) is 0 Å². The third-order valence-corrected chi connectivity index (χ3v) is 3.88. The highest BCUT2D eigenvalue weighted by atomic mass is 35.5. The van der Waals surface area contributed by atoms with Crippen LogP contribution in [0.1, 0.15) is 22.8 Å². The molecule has 0 aliphatic rings. The number of nitrogens with zero attached hydrogens (tertiary/aromatic N) is 1. The maximum atomic E-state index is 13.8. The van der Waals surface area contributed by atoms with Crippen LogP contribution in [0.5, 0.6) is 0 Å². The van der Waals surface area contributed by atoms with Gasteiger partial charge in [-0.1, -0.05) is 23.7 Å². The summed E-state index contributed by atoms with van der Waals surface area (Å²) in [7, 11) is 0. The zero-order chi connectivity index (χ0) is 20.2. The van der Waals surface area contributed by atoms with E-state index in [9.17, 15) is 27.2 Å². The minimum Gasteiger partial charge on any atom is -0.331 e. The second-order valence-corrected chi connectivity index (χ2v) is 6.03. The van der Waals surface area contributed by atoms with Crippen LogP contribution in [0.25, 0.3) is 0 Å². The van der Waals surface area contributed by atoms with E-state index in [-0.39, 0.29) is 29.4 Å². The lowest BCUT2D eigenvalue weighted by Crippen LogP contribution is -2.40. The highest BCUT2D eigenvalue weighted by Gasteiger charge is 2.41. The van der Waals surface area contributed by atoms with Gasteiger partial charge in [-0.15, -0.1) is 0 Å². The van der Waals surface area contributed by atoms with Gasteiger partial charge in [0, 0.05) is 23.8 Å². The van der Waals surface area contributed by atoms with E-state index >= 15 is 0 Å². The maximum absolute atomic E-state index is 13.8. The largest absolute Gasteiger partial charge is 0.471 e. The number of anilines is 1. The number of carbonyl (C=O) groups is 2. The Hall–Kier alpha value is -2.61. The van der Waals surface area contributed by atoms with Gasteiger partial charge in [0.1, 0.15) is 5.82 Å². The molecule has 0 atom stereocenters. The lowest BCUT2D eigenvalue weighted by Gasteiger charge is -2.22. The van der Waals surface area contributed by atoms with Gasteiger partial charge < -0.3 is 10.2 Å². The van der Waals surface area contributed by atoms with Crippen LogP contribution >= 0.6 is 11.6 Å². The van der Waals surface area contributed by atoms with Crippen LogP contribution in [-0.4, -0.2) is 29.4 Å². The van der Waals surface area contributed by atoms with Gasteiger partial charge in [-0.25, -0.2) is 4.39 Å². The van der Waals surface area contributed by atoms with Crippen molar-refractivity contribution in [3.05, 3.63) is 64.4 Å². The van der Waals surface area contributed by atoms with E-state index in [1.807, 2.05) is 0 Å². The van der Waals surface area contributed by atoms with Gasteiger partial charge in [0.2, 0.25) is 0 Å². The predicted molar refractivity (Wildman–Crippen MR) is 93.0 cm³/mol. The molecule has 144 valence electrons. The van der Waals surface area contributed by atoms with Crippen molar-refractivity contribution in [2.75, 3.05) is 11.9 Å². The van der Waals surface area contributed by atoms with Crippen molar-refractivity contribution in [2.24, 2.45) is 0 Å².